The van der Waals surface area contributed by atoms with Crippen LogP contribution in [-0.2, 0) is 0 Å². The summed E-state index contributed by atoms with van der Waals surface area (Å²) in [6.45, 7) is 6.27. The second-order valence-corrected chi connectivity index (χ2v) is 4.55. The van der Waals surface area contributed by atoms with Crippen molar-refractivity contribution < 1.29 is 14.3 Å². The summed E-state index contributed by atoms with van der Waals surface area (Å²) in [5.74, 6) is 0.762. The topological polar surface area (TPSA) is 35.5 Å². The Bertz CT molecular complexity index is 603. The van der Waals surface area contributed by atoms with Gasteiger partial charge in [-0.25, -0.2) is 4.79 Å². The highest BCUT2D eigenvalue weighted by Crippen LogP contribution is 2.35. The van der Waals surface area contributed by atoms with E-state index in [0.717, 1.165) is 11.1 Å². The van der Waals surface area contributed by atoms with E-state index in [4.69, 9.17) is 9.47 Å². The van der Waals surface area contributed by atoms with Crippen LogP contribution in [0.1, 0.15) is 28.4 Å². The van der Waals surface area contributed by atoms with Crippen LogP contribution in [0.2, 0.25) is 0 Å². The zero-order valence-electron chi connectivity index (χ0n) is 12.0. The van der Waals surface area contributed by atoms with Crippen molar-refractivity contribution in [2.24, 2.45) is 0 Å². The SMILES string of the molecule is CCOc1c(C)ccc(C)c1OC(=O)c1ccccc1. The van der Waals surface area contributed by atoms with Crippen LogP contribution in [0.25, 0.3) is 0 Å². The lowest BCUT2D eigenvalue weighted by Gasteiger charge is -2.15. The molecule has 104 valence electrons. The van der Waals surface area contributed by atoms with Gasteiger partial charge in [0.25, 0.3) is 0 Å². The quantitative estimate of drug-likeness (QED) is 0.624. The highest BCUT2D eigenvalue weighted by molar-refractivity contribution is 5.91. The van der Waals surface area contributed by atoms with Gasteiger partial charge in [-0.2, -0.15) is 0 Å². The lowest BCUT2D eigenvalue weighted by molar-refractivity contribution is 0.0727. The Kier molecular flexibility index (Phi) is 4.41. The first-order chi connectivity index (χ1) is 9.63. The van der Waals surface area contributed by atoms with Gasteiger partial charge < -0.3 is 9.47 Å². The van der Waals surface area contributed by atoms with Crippen LogP contribution in [0.5, 0.6) is 11.5 Å². The van der Waals surface area contributed by atoms with Gasteiger partial charge in [0, 0.05) is 0 Å². The summed E-state index contributed by atoms with van der Waals surface area (Å²) in [4.78, 5) is 12.2. The minimum absolute atomic E-state index is 0.375. The lowest BCUT2D eigenvalue weighted by atomic mass is 10.1. The number of benzene rings is 2. The van der Waals surface area contributed by atoms with E-state index >= 15 is 0 Å². The van der Waals surface area contributed by atoms with Crippen LogP contribution in [0.15, 0.2) is 42.5 Å². The first-order valence-electron chi connectivity index (χ1n) is 6.63. The van der Waals surface area contributed by atoms with Crippen molar-refractivity contribution in [1.82, 2.24) is 0 Å². The van der Waals surface area contributed by atoms with E-state index in [1.807, 2.05) is 51.1 Å². The maximum atomic E-state index is 12.2. The van der Waals surface area contributed by atoms with E-state index in [2.05, 4.69) is 0 Å². The van der Waals surface area contributed by atoms with Crippen molar-refractivity contribution >= 4 is 5.97 Å². The van der Waals surface area contributed by atoms with Gasteiger partial charge in [0.05, 0.1) is 12.2 Å². The fourth-order valence-corrected chi connectivity index (χ4v) is 1.94. The van der Waals surface area contributed by atoms with Crippen molar-refractivity contribution in [3.8, 4) is 11.5 Å². The van der Waals surface area contributed by atoms with Crippen LogP contribution >= 0.6 is 0 Å². The third kappa shape index (κ3) is 2.99. The number of hydrogen-bond acceptors (Lipinski definition) is 3. The molecule has 3 heteroatoms. The van der Waals surface area contributed by atoms with Crippen molar-refractivity contribution in [2.75, 3.05) is 6.61 Å². The molecule has 0 aliphatic heterocycles. The first kappa shape index (κ1) is 14.1. The summed E-state index contributed by atoms with van der Waals surface area (Å²) in [7, 11) is 0. The molecule has 0 fully saturated rings. The van der Waals surface area contributed by atoms with Gasteiger partial charge >= 0.3 is 5.97 Å². The number of aryl methyl sites for hydroxylation is 2. The van der Waals surface area contributed by atoms with Gasteiger partial charge in [-0.3, -0.25) is 0 Å². The Morgan fingerprint density at radius 3 is 2.15 bits per heavy atom. The molecule has 0 spiro atoms. The fraction of sp³-hybridized carbons (Fsp3) is 0.235. The third-order valence-electron chi connectivity index (χ3n) is 3.00. The predicted octanol–water partition coefficient (Wildman–Crippen LogP) is 3.92. The summed E-state index contributed by atoms with van der Waals surface area (Å²) in [6, 6.07) is 12.8. The van der Waals surface area contributed by atoms with Crippen molar-refractivity contribution in [1.29, 1.82) is 0 Å². The second-order valence-electron chi connectivity index (χ2n) is 4.55. The molecule has 0 radical (unpaired) electrons. The molecule has 0 aromatic heterocycles. The molecule has 3 nitrogen and oxygen atoms in total. The maximum Gasteiger partial charge on any atom is 0.343 e. The van der Waals surface area contributed by atoms with Crippen molar-refractivity contribution in [3.05, 3.63) is 59.2 Å². The monoisotopic (exact) mass is 270 g/mol. The van der Waals surface area contributed by atoms with Gasteiger partial charge in [0.15, 0.2) is 11.5 Å². The molecule has 0 saturated carbocycles. The number of hydrogen-bond donors (Lipinski definition) is 0. The molecule has 2 aromatic carbocycles. The van der Waals surface area contributed by atoms with Crippen molar-refractivity contribution in [2.45, 2.75) is 20.8 Å². The number of carbonyl (C=O) groups is 1. The normalized spacial score (nSPS) is 10.2. The Hall–Kier alpha value is -2.29. The van der Waals surface area contributed by atoms with E-state index in [1.54, 1.807) is 12.1 Å². The number of ether oxygens (including phenoxy) is 2. The molecule has 0 bridgehead atoms. The molecule has 0 N–H and O–H groups in total. The van der Waals surface area contributed by atoms with Crippen LogP contribution in [0.3, 0.4) is 0 Å². The van der Waals surface area contributed by atoms with Gasteiger partial charge in [0.1, 0.15) is 0 Å². The lowest BCUT2D eigenvalue weighted by Crippen LogP contribution is -2.11. The minimum atomic E-state index is -0.375. The summed E-state index contributed by atoms with van der Waals surface area (Å²) in [5, 5.41) is 0. The average Bonchev–Trinajstić information content (AvgIpc) is 2.47. The highest BCUT2D eigenvalue weighted by atomic mass is 16.6. The molecular weight excluding hydrogens is 252 g/mol. The summed E-state index contributed by atoms with van der Waals surface area (Å²) < 4.78 is 11.1. The van der Waals surface area contributed by atoms with E-state index in [-0.39, 0.29) is 5.97 Å². The zero-order chi connectivity index (χ0) is 14.5. The smallest absolute Gasteiger partial charge is 0.343 e. The molecule has 2 rings (SSSR count). The van der Waals surface area contributed by atoms with Gasteiger partial charge in [-0.05, 0) is 44.0 Å². The second kappa shape index (κ2) is 6.24. The fourth-order valence-electron chi connectivity index (χ4n) is 1.94. The number of carbonyl (C=O) groups excluding carboxylic acids is 1. The van der Waals surface area contributed by atoms with E-state index in [0.29, 0.717) is 23.7 Å². The standard InChI is InChI=1S/C17H18O3/c1-4-19-15-12(2)10-11-13(3)16(15)20-17(18)14-8-6-5-7-9-14/h5-11H,4H2,1-3H3. The number of esters is 1. The van der Waals surface area contributed by atoms with E-state index in [1.165, 1.54) is 0 Å². The predicted molar refractivity (Wildman–Crippen MR) is 78.5 cm³/mol. The van der Waals surface area contributed by atoms with Crippen molar-refractivity contribution in [3.63, 3.8) is 0 Å². The molecule has 0 amide bonds. The molecule has 0 unspecified atom stereocenters. The molecule has 0 heterocycles. The minimum Gasteiger partial charge on any atom is -0.490 e. The largest absolute Gasteiger partial charge is 0.490 e. The first-order valence-corrected chi connectivity index (χ1v) is 6.63. The molecule has 0 atom stereocenters. The van der Waals surface area contributed by atoms with Gasteiger partial charge in [-0.15, -0.1) is 0 Å². The number of rotatable bonds is 4. The van der Waals surface area contributed by atoms with Crippen LogP contribution in [0.4, 0.5) is 0 Å². The Balaban J connectivity index is 2.33. The zero-order valence-corrected chi connectivity index (χ0v) is 12.0. The van der Waals surface area contributed by atoms with Gasteiger partial charge in [0.2, 0.25) is 0 Å². The molecule has 2 aromatic rings. The van der Waals surface area contributed by atoms with E-state index < -0.39 is 0 Å². The molecule has 0 aliphatic rings. The molecule has 0 saturated heterocycles. The molecule has 0 aliphatic carbocycles. The maximum absolute atomic E-state index is 12.2. The Labute approximate surface area is 119 Å². The van der Waals surface area contributed by atoms with Crippen LogP contribution in [-0.4, -0.2) is 12.6 Å². The highest BCUT2D eigenvalue weighted by Gasteiger charge is 2.16. The average molecular weight is 270 g/mol. The molecule has 20 heavy (non-hydrogen) atoms. The third-order valence-corrected chi connectivity index (χ3v) is 3.00. The summed E-state index contributed by atoms with van der Waals surface area (Å²) >= 11 is 0. The summed E-state index contributed by atoms with van der Waals surface area (Å²) in [5.41, 5.74) is 2.35. The summed E-state index contributed by atoms with van der Waals surface area (Å²) in [6.07, 6.45) is 0. The van der Waals surface area contributed by atoms with E-state index in [9.17, 15) is 4.79 Å². The van der Waals surface area contributed by atoms with Crippen LogP contribution in [0, 0.1) is 13.8 Å². The Morgan fingerprint density at radius 2 is 1.55 bits per heavy atom. The molecular formula is C17H18O3. The van der Waals surface area contributed by atoms with Gasteiger partial charge in [-0.1, -0.05) is 30.3 Å². The van der Waals surface area contributed by atoms with Crippen LogP contribution < -0.4 is 9.47 Å². The Morgan fingerprint density at radius 1 is 0.950 bits per heavy atom.